The van der Waals surface area contributed by atoms with Gasteiger partial charge in [-0.25, -0.2) is 0 Å². The second-order valence-electron chi connectivity index (χ2n) is 8.22. The Morgan fingerprint density at radius 1 is 1.15 bits per heavy atom. The molecule has 9 heteroatoms. The highest BCUT2D eigenvalue weighted by atomic mass is 19.4. The number of halogens is 3. The van der Waals surface area contributed by atoms with Gasteiger partial charge in [-0.15, -0.1) is 0 Å². The Labute approximate surface area is 190 Å². The Kier molecular flexibility index (Phi) is 7.50. The first-order valence-electron chi connectivity index (χ1n) is 10.6. The molecule has 178 valence electrons. The zero-order valence-corrected chi connectivity index (χ0v) is 18.7. The van der Waals surface area contributed by atoms with E-state index in [4.69, 9.17) is 9.47 Å². The van der Waals surface area contributed by atoms with Gasteiger partial charge in [0.2, 0.25) is 11.8 Å². The Bertz CT molecular complexity index is 990. The number of benzene rings is 2. The van der Waals surface area contributed by atoms with E-state index >= 15 is 0 Å². The van der Waals surface area contributed by atoms with Gasteiger partial charge in [-0.05, 0) is 49.2 Å². The zero-order chi connectivity index (χ0) is 24.2. The van der Waals surface area contributed by atoms with Gasteiger partial charge in [0.1, 0.15) is 11.5 Å². The van der Waals surface area contributed by atoms with Crippen LogP contribution in [-0.2, 0) is 28.9 Å². The van der Waals surface area contributed by atoms with E-state index in [1.54, 1.807) is 38.0 Å². The summed E-state index contributed by atoms with van der Waals surface area (Å²) in [4.78, 5) is 26.5. The predicted octanol–water partition coefficient (Wildman–Crippen LogP) is 4.17. The summed E-state index contributed by atoms with van der Waals surface area (Å²) in [5.74, 6) is -0.421. The molecular formula is C24H27F3N2O4. The van der Waals surface area contributed by atoms with Crippen LogP contribution in [0.3, 0.4) is 0 Å². The summed E-state index contributed by atoms with van der Waals surface area (Å²) < 4.78 is 51.0. The standard InChI is InChI=1S/C24H27F3N2O4/c1-15(2)33-20-9-6-17(21(11-20)24(25,26)27)12-28-23(31)18-10-22(30)29(14-18)13-16-4-7-19(32-3)8-5-16/h4-9,11,15,18H,10,12-14H2,1-3H3,(H,28,31). The molecule has 1 N–H and O–H groups in total. The van der Waals surface area contributed by atoms with Crippen LogP contribution in [0.2, 0.25) is 0 Å². The molecular weight excluding hydrogens is 437 g/mol. The van der Waals surface area contributed by atoms with E-state index in [0.717, 1.165) is 11.6 Å². The van der Waals surface area contributed by atoms with Crippen LogP contribution >= 0.6 is 0 Å². The van der Waals surface area contributed by atoms with Crippen molar-refractivity contribution in [2.24, 2.45) is 5.92 Å². The van der Waals surface area contributed by atoms with Crippen molar-refractivity contribution >= 4 is 11.8 Å². The summed E-state index contributed by atoms with van der Waals surface area (Å²) in [6.07, 6.45) is -4.83. The van der Waals surface area contributed by atoms with Gasteiger partial charge in [-0.3, -0.25) is 9.59 Å². The zero-order valence-electron chi connectivity index (χ0n) is 18.7. The minimum absolute atomic E-state index is 0.0231. The van der Waals surface area contributed by atoms with Crippen molar-refractivity contribution in [1.82, 2.24) is 10.2 Å². The lowest BCUT2D eigenvalue weighted by atomic mass is 10.0. The number of hydrogen-bond donors (Lipinski definition) is 1. The maximum absolute atomic E-state index is 13.5. The van der Waals surface area contributed by atoms with Crippen LogP contribution in [0.5, 0.6) is 11.5 Å². The Balaban J connectivity index is 1.62. The molecule has 0 saturated carbocycles. The number of carbonyl (C=O) groups is 2. The Morgan fingerprint density at radius 3 is 2.42 bits per heavy atom. The normalized spacial score (nSPS) is 16.3. The van der Waals surface area contributed by atoms with E-state index in [2.05, 4.69) is 5.32 Å². The second kappa shape index (κ2) is 10.1. The third-order valence-electron chi connectivity index (χ3n) is 5.33. The van der Waals surface area contributed by atoms with E-state index < -0.39 is 23.6 Å². The fourth-order valence-electron chi connectivity index (χ4n) is 3.70. The minimum Gasteiger partial charge on any atom is -0.497 e. The summed E-state index contributed by atoms with van der Waals surface area (Å²) >= 11 is 0. The largest absolute Gasteiger partial charge is 0.497 e. The minimum atomic E-state index is -4.59. The summed E-state index contributed by atoms with van der Waals surface area (Å²) in [6, 6.07) is 10.9. The van der Waals surface area contributed by atoms with Gasteiger partial charge in [-0.1, -0.05) is 18.2 Å². The number of likely N-dealkylation sites (tertiary alicyclic amines) is 1. The van der Waals surface area contributed by atoms with E-state index in [1.807, 2.05) is 12.1 Å². The van der Waals surface area contributed by atoms with Gasteiger partial charge in [0.25, 0.3) is 0 Å². The molecule has 0 aliphatic carbocycles. The van der Waals surface area contributed by atoms with Crippen molar-refractivity contribution in [1.29, 1.82) is 0 Å². The lowest BCUT2D eigenvalue weighted by molar-refractivity contribution is -0.138. The van der Waals surface area contributed by atoms with Crippen molar-refractivity contribution in [2.75, 3.05) is 13.7 Å². The van der Waals surface area contributed by atoms with Crippen molar-refractivity contribution in [3.8, 4) is 11.5 Å². The third-order valence-corrected chi connectivity index (χ3v) is 5.33. The maximum Gasteiger partial charge on any atom is 0.416 e. The second-order valence-corrected chi connectivity index (χ2v) is 8.22. The molecule has 0 radical (unpaired) electrons. The number of carbonyl (C=O) groups excluding carboxylic acids is 2. The molecule has 1 aliphatic rings. The molecule has 2 aromatic carbocycles. The Hall–Kier alpha value is -3.23. The molecule has 1 saturated heterocycles. The van der Waals surface area contributed by atoms with Gasteiger partial charge >= 0.3 is 6.18 Å². The molecule has 0 spiro atoms. The number of ether oxygens (including phenoxy) is 2. The molecule has 2 amide bonds. The Morgan fingerprint density at radius 2 is 1.82 bits per heavy atom. The number of alkyl halides is 3. The van der Waals surface area contributed by atoms with Crippen LogP contribution in [0, 0.1) is 5.92 Å². The molecule has 33 heavy (non-hydrogen) atoms. The number of nitrogens with zero attached hydrogens (tertiary/aromatic N) is 1. The molecule has 1 unspecified atom stereocenters. The van der Waals surface area contributed by atoms with Crippen LogP contribution in [0.15, 0.2) is 42.5 Å². The molecule has 1 heterocycles. The number of amides is 2. The monoisotopic (exact) mass is 464 g/mol. The summed E-state index contributed by atoms with van der Waals surface area (Å²) in [7, 11) is 1.56. The van der Waals surface area contributed by atoms with Gasteiger partial charge in [0.05, 0.1) is 24.7 Å². The lowest BCUT2D eigenvalue weighted by Crippen LogP contribution is -2.33. The van der Waals surface area contributed by atoms with Crippen molar-refractivity contribution < 1.29 is 32.2 Å². The van der Waals surface area contributed by atoms with Crippen LogP contribution in [0.4, 0.5) is 13.2 Å². The van der Waals surface area contributed by atoms with Gasteiger partial charge in [-0.2, -0.15) is 13.2 Å². The summed E-state index contributed by atoms with van der Waals surface area (Å²) in [6.45, 7) is 3.72. The van der Waals surface area contributed by atoms with E-state index in [-0.39, 0.29) is 42.8 Å². The fourth-order valence-corrected chi connectivity index (χ4v) is 3.70. The number of rotatable bonds is 8. The first-order chi connectivity index (χ1) is 15.6. The number of methoxy groups -OCH3 is 1. The van der Waals surface area contributed by atoms with Gasteiger partial charge in [0.15, 0.2) is 0 Å². The van der Waals surface area contributed by atoms with Crippen molar-refractivity contribution in [2.45, 2.75) is 45.6 Å². The van der Waals surface area contributed by atoms with Crippen molar-refractivity contribution in [3.05, 3.63) is 59.2 Å². The van der Waals surface area contributed by atoms with E-state index in [0.29, 0.717) is 12.3 Å². The van der Waals surface area contributed by atoms with Crippen molar-refractivity contribution in [3.63, 3.8) is 0 Å². The first-order valence-corrected chi connectivity index (χ1v) is 10.6. The fraction of sp³-hybridized carbons (Fsp3) is 0.417. The van der Waals surface area contributed by atoms with Gasteiger partial charge < -0.3 is 19.7 Å². The highest BCUT2D eigenvalue weighted by Crippen LogP contribution is 2.35. The third kappa shape index (κ3) is 6.40. The SMILES string of the molecule is COc1ccc(CN2CC(C(=O)NCc3ccc(OC(C)C)cc3C(F)(F)F)CC2=O)cc1. The number of nitrogens with one attached hydrogen (secondary N) is 1. The molecule has 1 fully saturated rings. The van der Waals surface area contributed by atoms with Crippen LogP contribution < -0.4 is 14.8 Å². The first kappa shape index (κ1) is 24.4. The van der Waals surface area contributed by atoms with E-state index in [9.17, 15) is 22.8 Å². The van der Waals surface area contributed by atoms with Crippen LogP contribution in [0.25, 0.3) is 0 Å². The highest BCUT2D eigenvalue weighted by molar-refractivity contribution is 5.89. The molecule has 6 nitrogen and oxygen atoms in total. The molecule has 0 bridgehead atoms. The predicted molar refractivity (Wildman–Crippen MR) is 116 cm³/mol. The molecule has 1 aliphatic heterocycles. The highest BCUT2D eigenvalue weighted by Gasteiger charge is 2.36. The smallest absolute Gasteiger partial charge is 0.416 e. The van der Waals surface area contributed by atoms with Crippen LogP contribution in [-0.4, -0.2) is 36.5 Å². The maximum atomic E-state index is 13.5. The number of hydrogen-bond acceptors (Lipinski definition) is 4. The summed E-state index contributed by atoms with van der Waals surface area (Å²) in [5.41, 5.74) is -0.0281. The molecule has 1 atom stereocenters. The average molecular weight is 464 g/mol. The average Bonchev–Trinajstić information content (AvgIpc) is 3.12. The quantitative estimate of drug-likeness (QED) is 0.637. The molecule has 0 aromatic heterocycles. The van der Waals surface area contributed by atoms with E-state index in [1.165, 1.54) is 12.1 Å². The summed E-state index contributed by atoms with van der Waals surface area (Å²) in [5, 5.41) is 2.56. The topological polar surface area (TPSA) is 67.9 Å². The van der Waals surface area contributed by atoms with Gasteiger partial charge in [0, 0.05) is 26.1 Å². The van der Waals surface area contributed by atoms with Crippen LogP contribution in [0.1, 0.15) is 37.0 Å². The lowest BCUT2D eigenvalue weighted by Gasteiger charge is -2.18. The molecule has 3 rings (SSSR count). The molecule has 2 aromatic rings.